The molecular weight excluding hydrogens is 1360 g/mol. The van der Waals surface area contributed by atoms with Crippen LogP contribution in [0.3, 0.4) is 0 Å². The fourth-order valence-corrected chi connectivity index (χ4v) is 11.9. The molecule has 4 aromatic heterocycles. The van der Waals surface area contributed by atoms with Gasteiger partial charge in [0.25, 0.3) is 0 Å². The Morgan fingerprint density at radius 1 is 0.268 bits per heavy atom. The summed E-state index contributed by atoms with van der Waals surface area (Å²) in [6, 6.07) is 91.0. The molecule has 97 heavy (non-hydrogen) atoms. The van der Waals surface area contributed by atoms with Gasteiger partial charge in [0.1, 0.15) is 0 Å². The normalized spacial score (nSPS) is 10.8. The summed E-state index contributed by atoms with van der Waals surface area (Å²) in [6.45, 7) is 9.07. The monoisotopic (exact) mass is 1450 g/mol. The predicted octanol–water partition coefficient (Wildman–Crippen LogP) is 24.3. The third-order valence-corrected chi connectivity index (χ3v) is 17.6. The van der Waals surface area contributed by atoms with E-state index < -0.39 is 0 Å². The largest absolute Gasteiger partial charge is 3.00 e. The summed E-state index contributed by atoms with van der Waals surface area (Å²) in [7, 11) is 0. The van der Waals surface area contributed by atoms with E-state index in [0.717, 1.165) is 81.7 Å². The Morgan fingerprint density at radius 3 is 0.938 bits per heavy atom. The summed E-state index contributed by atoms with van der Waals surface area (Å²) in [6.07, 6.45) is 30.2. The number of pyridine rings is 3. The summed E-state index contributed by atoms with van der Waals surface area (Å²) >= 11 is 0. The van der Waals surface area contributed by atoms with E-state index >= 15 is 0 Å². The number of aryl methyl sites for hydroxylation is 4. The van der Waals surface area contributed by atoms with E-state index in [0.29, 0.717) is 17.5 Å². The van der Waals surface area contributed by atoms with Crippen LogP contribution in [-0.4, -0.2) is 29.9 Å². The molecule has 0 saturated heterocycles. The number of aromatic nitrogens is 6. The van der Waals surface area contributed by atoms with E-state index in [1.165, 1.54) is 153 Å². The second-order valence-electron chi connectivity index (χ2n) is 25.0. The van der Waals surface area contributed by atoms with Crippen molar-refractivity contribution in [1.29, 1.82) is 0 Å². The number of hydrogen-bond acceptors (Lipinski definition) is 6. The Hall–Kier alpha value is -9.13. The van der Waals surface area contributed by atoms with Crippen molar-refractivity contribution in [2.45, 2.75) is 156 Å². The molecule has 0 saturated carbocycles. The van der Waals surface area contributed by atoms with E-state index in [2.05, 4.69) is 201 Å². The van der Waals surface area contributed by atoms with Gasteiger partial charge in [0, 0.05) is 35.3 Å². The zero-order valence-electron chi connectivity index (χ0n) is 57.3. The fourth-order valence-electron chi connectivity index (χ4n) is 11.9. The van der Waals surface area contributed by atoms with Crippen LogP contribution in [0.25, 0.3) is 101 Å². The number of benzene rings is 8. The molecule has 0 aliphatic heterocycles. The number of rotatable bonds is 29. The third kappa shape index (κ3) is 22.5. The minimum Gasteiger partial charge on any atom is -0.305 e. The minimum absolute atomic E-state index is 0. The van der Waals surface area contributed by atoms with Gasteiger partial charge in [0.05, 0.1) is 0 Å². The number of hydrogen-bond donors (Lipinski definition) is 0. The maximum absolute atomic E-state index is 5.07. The van der Waals surface area contributed by atoms with Crippen LogP contribution in [-0.2, 0) is 45.8 Å². The molecule has 0 fully saturated rings. The van der Waals surface area contributed by atoms with Gasteiger partial charge in [-0.05, 0) is 131 Å². The van der Waals surface area contributed by atoms with Crippen LogP contribution in [0.4, 0.5) is 0 Å². The van der Waals surface area contributed by atoms with Crippen molar-refractivity contribution >= 4 is 0 Å². The molecule has 0 N–H and O–H groups in total. The Labute approximate surface area is 593 Å². The molecule has 0 atom stereocenters. The molecule has 0 spiro atoms. The van der Waals surface area contributed by atoms with Crippen LogP contribution in [0, 0.1) is 18.2 Å². The molecule has 0 unspecified atom stereocenters. The minimum atomic E-state index is 0. The van der Waals surface area contributed by atoms with Gasteiger partial charge in [0.15, 0.2) is 17.5 Å². The molecule has 0 aliphatic carbocycles. The molecule has 0 radical (unpaired) electrons. The van der Waals surface area contributed by atoms with Gasteiger partial charge in [-0.3, -0.25) is 0 Å². The maximum atomic E-state index is 5.07. The molecule has 12 aromatic rings. The van der Waals surface area contributed by atoms with Crippen molar-refractivity contribution in [3.05, 3.63) is 290 Å². The van der Waals surface area contributed by atoms with Crippen LogP contribution >= 0.6 is 0 Å². The third-order valence-electron chi connectivity index (χ3n) is 17.6. The van der Waals surface area contributed by atoms with Crippen molar-refractivity contribution in [1.82, 2.24) is 29.9 Å². The van der Waals surface area contributed by atoms with Gasteiger partial charge >= 0.3 is 20.1 Å². The SMILES string of the molecule is CCCCCCc1ccc(-c2cc(-c3c[c-]c(-c4ccc(-c5nc(-c6ccc(CCCCCC)cc6)nc(-c6ccc(CCCCCC)cc6)n5)cn4)cc3)cc(-c3ccc(CCCCCC)cc3)c2)cc1.[Ir+3].[c-]1ccccc1-c1ccccn1.[c-]1ccccc1-c1ccccn1. The van der Waals surface area contributed by atoms with Gasteiger partial charge in [0.2, 0.25) is 0 Å². The van der Waals surface area contributed by atoms with Gasteiger partial charge in [-0.1, -0.05) is 261 Å². The van der Waals surface area contributed by atoms with Gasteiger partial charge in [-0.25, -0.2) is 15.0 Å². The van der Waals surface area contributed by atoms with Crippen LogP contribution in [0.2, 0.25) is 0 Å². The van der Waals surface area contributed by atoms with Crippen LogP contribution < -0.4 is 0 Å². The van der Waals surface area contributed by atoms with Crippen molar-refractivity contribution in [3.63, 3.8) is 0 Å². The molecule has 0 amide bonds. The summed E-state index contributed by atoms with van der Waals surface area (Å²) in [5.41, 5.74) is 21.4. The van der Waals surface area contributed by atoms with Crippen molar-refractivity contribution in [2.24, 2.45) is 0 Å². The standard InChI is InChI=1S/C68H77N4.2C11H8N.Ir/c1-5-9-13-17-21-51-25-33-55(34-26-51)62-47-63(56-35-27-52(28-36-56)22-18-14-10-6-2)49-64(48-62)57-41-43-58(44-42-57)65-46-45-61(50-69-65)68-71-66(59-37-29-53(30-38-59)23-19-15-11-7-3)70-67(72-68)60-39-31-54(32-40-60)24-20-16-12-8-4;2*1-2-6-10(7-3-1)11-8-4-5-9-12-11;/h25-43,45-50H,5-24H2,1-4H3;2*1-6,8-9H;/q3*-1;+3. The second kappa shape index (κ2) is 39.8. The smallest absolute Gasteiger partial charge is 0.305 e. The molecule has 7 heteroatoms. The first-order valence-corrected chi connectivity index (χ1v) is 35.5. The first-order valence-electron chi connectivity index (χ1n) is 35.5. The number of nitrogens with zero attached hydrogens (tertiary/aromatic N) is 6. The Morgan fingerprint density at radius 2 is 0.608 bits per heavy atom. The van der Waals surface area contributed by atoms with Gasteiger partial charge in [-0.15, -0.1) is 102 Å². The average Bonchev–Trinajstić information content (AvgIpc) is 0.818. The quantitative estimate of drug-likeness (QED) is 0.0343. The molecule has 6 nitrogen and oxygen atoms in total. The van der Waals surface area contributed by atoms with Crippen molar-refractivity contribution in [2.75, 3.05) is 0 Å². The Kier molecular flexibility index (Phi) is 29.6. The second-order valence-corrected chi connectivity index (χ2v) is 25.0. The Balaban J connectivity index is 0.000000364. The van der Waals surface area contributed by atoms with E-state index in [1.54, 1.807) is 12.4 Å². The molecule has 12 rings (SSSR count). The van der Waals surface area contributed by atoms with Crippen LogP contribution in [0.5, 0.6) is 0 Å². The first kappa shape index (κ1) is 72.1. The fraction of sp³-hybridized carbons (Fsp3) is 0.267. The van der Waals surface area contributed by atoms with Crippen molar-refractivity contribution < 1.29 is 20.1 Å². The molecule has 492 valence electrons. The summed E-state index contributed by atoms with van der Waals surface area (Å²) < 4.78 is 0. The van der Waals surface area contributed by atoms with Crippen LogP contribution in [0.1, 0.15) is 153 Å². The van der Waals surface area contributed by atoms with E-state index in [9.17, 15) is 0 Å². The summed E-state index contributed by atoms with van der Waals surface area (Å²) in [5.74, 6) is 1.95. The zero-order valence-corrected chi connectivity index (χ0v) is 59.7. The van der Waals surface area contributed by atoms with Gasteiger partial charge in [-0.2, -0.15) is 0 Å². The predicted molar refractivity (Wildman–Crippen MR) is 403 cm³/mol. The molecule has 8 aromatic carbocycles. The first-order chi connectivity index (χ1) is 47.4. The number of unbranched alkanes of at least 4 members (excludes halogenated alkanes) is 12. The molecule has 4 heterocycles. The zero-order chi connectivity index (χ0) is 66.2. The van der Waals surface area contributed by atoms with E-state index in [1.807, 2.05) is 91.1 Å². The van der Waals surface area contributed by atoms with Crippen molar-refractivity contribution in [3.8, 4) is 101 Å². The van der Waals surface area contributed by atoms with Crippen LogP contribution in [0.15, 0.2) is 249 Å². The van der Waals surface area contributed by atoms with E-state index in [4.69, 9.17) is 19.9 Å². The topological polar surface area (TPSA) is 77.3 Å². The maximum Gasteiger partial charge on any atom is 3.00 e. The van der Waals surface area contributed by atoms with E-state index in [-0.39, 0.29) is 20.1 Å². The average molecular weight is 1450 g/mol. The Bertz CT molecular complexity index is 3650. The molecule has 0 bridgehead atoms. The van der Waals surface area contributed by atoms with Gasteiger partial charge < -0.3 is 15.0 Å². The summed E-state index contributed by atoms with van der Waals surface area (Å²) in [5, 5.41) is 0. The summed E-state index contributed by atoms with van der Waals surface area (Å²) in [4.78, 5) is 28.6. The molecular formula is C90H93IrN6. The molecule has 0 aliphatic rings.